The third-order valence-electron chi connectivity index (χ3n) is 3.49. The highest BCUT2D eigenvalue weighted by molar-refractivity contribution is 14.0. The maximum absolute atomic E-state index is 13.1. The monoisotopic (exact) mass is 485 g/mol. The topological polar surface area (TPSA) is 54.2 Å². The van der Waals surface area contributed by atoms with Crippen molar-refractivity contribution in [3.8, 4) is 0 Å². The number of halogens is 5. The van der Waals surface area contributed by atoms with E-state index in [1.807, 2.05) is 10.8 Å². The first kappa shape index (κ1) is 22.2. The molecule has 0 aliphatic heterocycles. The van der Waals surface area contributed by atoms with Gasteiger partial charge in [-0.1, -0.05) is 6.07 Å². The van der Waals surface area contributed by atoms with E-state index in [0.29, 0.717) is 18.6 Å². The van der Waals surface area contributed by atoms with Gasteiger partial charge in [0, 0.05) is 39.1 Å². The van der Waals surface area contributed by atoms with Gasteiger partial charge in [0.15, 0.2) is 5.96 Å². The third-order valence-corrected chi connectivity index (χ3v) is 3.49. The standard InChI is InChI=1S/C16H19F4N5.HI/c1-21-15(23-5-2-7-25-8-6-22-11-25)24-10-12-3-4-13(17)9-14(12)16(18,19)20;/h3-4,6,8-9,11H,2,5,7,10H2,1H3,(H2,21,23,24);1H. The molecule has 0 atom stereocenters. The quantitative estimate of drug-likeness (QED) is 0.217. The fourth-order valence-electron chi connectivity index (χ4n) is 2.25. The largest absolute Gasteiger partial charge is 0.416 e. The number of nitrogens with zero attached hydrogens (tertiary/aromatic N) is 3. The molecule has 10 heteroatoms. The van der Waals surface area contributed by atoms with Crippen LogP contribution in [0, 0.1) is 5.82 Å². The van der Waals surface area contributed by atoms with E-state index in [1.165, 1.54) is 7.05 Å². The Labute approximate surface area is 165 Å². The molecule has 1 aromatic heterocycles. The van der Waals surface area contributed by atoms with Gasteiger partial charge in [0.2, 0.25) is 0 Å². The van der Waals surface area contributed by atoms with Crippen LogP contribution in [0.1, 0.15) is 17.5 Å². The van der Waals surface area contributed by atoms with E-state index in [-0.39, 0.29) is 36.1 Å². The summed E-state index contributed by atoms with van der Waals surface area (Å²) >= 11 is 0. The molecule has 2 aromatic rings. The first-order chi connectivity index (χ1) is 11.9. The van der Waals surface area contributed by atoms with Crippen molar-refractivity contribution < 1.29 is 17.6 Å². The lowest BCUT2D eigenvalue weighted by atomic mass is 10.1. The summed E-state index contributed by atoms with van der Waals surface area (Å²) in [6, 6.07) is 2.63. The van der Waals surface area contributed by atoms with Crippen molar-refractivity contribution in [2.75, 3.05) is 13.6 Å². The minimum absolute atomic E-state index is 0. The van der Waals surface area contributed by atoms with Crippen LogP contribution in [-0.4, -0.2) is 29.1 Å². The molecule has 5 nitrogen and oxygen atoms in total. The normalized spacial score (nSPS) is 11.8. The van der Waals surface area contributed by atoms with Crippen molar-refractivity contribution in [2.24, 2.45) is 4.99 Å². The van der Waals surface area contributed by atoms with E-state index >= 15 is 0 Å². The van der Waals surface area contributed by atoms with E-state index in [1.54, 1.807) is 12.5 Å². The first-order valence-electron chi connectivity index (χ1n) is 7.66. The summed E-state index contributed by atoms with van der Waals surface area (Å²) in [6.07, 6.45) is 1.43. The Bertz CT molecular complexity index is 701. The van der Waals surface area contributed by atoms with E-state index in [2.05, 4.69) is 20.6 Å². The number of benzene rings is 1. The number of aryl methyl sites for hydroxylation is 1. The molecule has 1 heterocycles. The average Bonchev–Trinajstić information content (AvgIpc) is 3.07. The van der Waals surface area contributed by atoms with Gasteiger partial charge in [0.25, 0.3) is 0 Å². The van der Waals surface area contributed by atoms with E-state index in [4.69, 9.17) is 0 Å². The summed E-state index contributed by atoms with van der Waals surface area (Å²) in [5, 5.41) is 5.83. The number of imidazole rings is 1. The van der Waals surface area contributed by atoms with Gasteiger partial charge in [0.05, 0.1) is 11.9 Å². The van der Waals surface area contributed by atoms with Crippen LogP contribution in [0.3, 0.4) is 0 Å². The molecule has 1 aromatic carbocycles. The highest BCUT2D eigenvalue weighted by Crippen LogP contribution is 2.32. The third kappa shape index (κ3) is 6.81. The number of guanidine groups is 1. The smallest absolute Gasteiger partial charge is 0.356 e. The van der Waals surface area contributed by atoms with Gasteiger partial charge in [-0.3, -0.25) is 4.99 Å². The minimum Gasteiger partial charge on any atom is -0.356 e. The lowest BCUT2D eigenvalue weighted by Crippen LogP contribution is -2.37. The molecule has 0 radical (unpaired) electrons. The number of hydrogen-bond donors (Lipinski definition) is 2. The fraction of sp³-hybridized carbons (Fsp3) is 0.375. The number of rotatable bonds is 6. The number of aromatic nitrogens is 2. The first-order valence-corrected chi connectivity index (χ1v) is 7.66. The Balaban J connectivity index is 0.00000338. The van der Waals surface area contributed by atoms with Crippen LogP contribution in [-0.2, 0) is 19.3 Å². The van der Waals surface area contributed by atoms with Crippen molar-refractivity contribution in [3.63, 3.8) is 0 Å². The van der Waals surface area contributed by atoms with Crippen molar-refractivity contribution in [1.82, 2.24) is 20.2 Å². The maximum atomic E-state index is 13.1. The van der Waals surface area contributed by atoms with E-state index < -0.39 is 17.6 Å². The number of hydrogen-bond acceptors (Lipinski definition) is 2. The number of aliphatic imine (C=N–C) groups is 1. The summed E-state index contributed by atoms with van der Waals surface area (Å²) in [6.45, 7) is 1.24. The van der Waals surface area contributed by atoms with Gasteiger partial charge < -0.3 is 15.2 Å². The maximum Gasteiger partial charge on any atom is 0.416 e. The van der Waals surface area contributed by atoms with Gasteiger partial charge in [-0.15, -0.1) is 24.0 Å². The predicted octanol–water partition coefficient (Wildman–Crippen LogP) is 3.41. The molecular formula is C16H20F4IN5. The van der Waals surface area contributed by atoms with E-state index in [0.717, 1.165) is 25.1 Å². The van der Waals surface area contributed by atoms with Crippen LogP contribution < -0.4 is 10.6 Å². The Morgan fingerprint density at radius 2 is 2.04 bits per heavy atom. The van der Waals surface area contributed by atoms with Crippen molar-refractivity contribution >= 4 is 29.9 Å². The molecule has 0 saturated carbocycles. The molecule has 0 aliphatic rings. The molecule has 0 amide bonds. The molecule has 26 heavy (non-hydrogen) atoms. The molecule has 2 N–H and O–H groups in total. The fourth-order valence-corrected chi connectivity index (χ4v) is 2.25. The van der Waals surface area contributed by atoms with Gasteiger partial charge >= 0.3 is 6.18 Å². The molecule has 0 aliphatic carbocycles. The molecule has 0 spiro atoms. The highest BCUT2D eigenvalue weighted by Gasteiger charge is 2.33. The summed E-state index contributed by atoms with van der Waals surface area (Å²) in [7, 11) is 1.53. The molecular weight excluding hydrogens is 465 g/mol. The molecule has 0 fully saturated rings. The predicted molar refractivity (Wildman–Crippen MR) is 102 cm³/mol. The average molecular weight is 485 g/mol. The van der Waals surface area contributed by atoms with Gasteiger partial charge in [-0.2, -0.15) is 13.2 Å². The zero-order valence-corrected chi connectivity index (χ0v) is 16.4. The van der Waals surface area contributed by atoms with Crippen LogP contribution in [0.5, 0.6) is 0 Å². The van der Waals surface area contributed by atoms with Crippen LogP contribution in [0.25, 0.3) is 0 Å². The molecule has 0 saturated heterocycles. The summed E-state index contributed by atoms with van der Waals surface area (Å²) < 4.78 is 53.9. The second kappa shape index (κ2) is 10.3. The Hall–Kier alpha value is -1.85. The molecule has 2 rings (SSSR count). The van der Waals surface area contributed by atoms with Gasteiger partial charge in [-0.25, -0.2) is 9.37 Å². The summed E-state index contributed by atoms with van der Waals surface area (Å²) in [4.78, 5) is 7.90. The van der Waals surface area contributed by atoms with Crippen LogP contribution in [0.15, 0.2) is 41.9 Å². The van der Waals surface area contributed by atoms with Crippen LogP contribution in [0.4, 0.5) is 17.6 Å². The number of alkyl halides is 3. The summed E-state index contributed by atoms with van der Waals surface area (Å²) in [5.41, 5.74) is -1.04. The van der Waals surface area contributed by atoms with Crippen molar-refractivity contribution in [3.05, 3.63) is 53.9 Å². The Kier molecular flexibility index (Phi) is 8.82. The number of nitrogens with one attached hydrogen (secondary N) is 2. The van der Waals surface area contributed by atoms with Crippen LogP contribution >= 0.6 is 24.0 Å². The lowest BCUT2D eigenvalue weighted by Gasteiger charge is -2.16. The molecule has 0 unspecified atom stereocenters. The van der Waals surface area contributed by atoms with Crippen LogP contribution in [0.2, 0.25) is 0 Å². The van der Waals surface area contributed by atoms with Crippen molar-refractivity contribution in [2.45, 2.75) is 25.7 Å². The van der Waals surface area contributed by atoms with E-state index in [9.17, 15) is 17.6 Å². The highest BCUT2D eigenvalue weighted by atomic mass is 127. The zero-order chi connectivity index (χ0) is 18.3. The van der Waals surface area contributed by atoms with Gasteiger partial charge in [-0.05, 0) is 24.1 Å². The Morgan fingerprint density at radius 1 is 1.27 bits per heavy atom. The Morgan fingerprint density at radius 3 is 2.65 bits per heavy atom. The second-order valence-electron chi connectivity index (χ2n) is 5.31. The van der Waals surface area contributed by atoms with Gasteiger partial charge in [0.1, 0.15) is 5.82 Å². The zero-order valence-electron chi connectivity index (χ0n) is 14.1. The SMILES string of the molecule is CN=C(NCCCn1ccnc1)NCc1ccc(F)cc1C(F)(F)F.I. The lowest BCUT2D eigenvalue weighted by molar-refractivity contribution is -0.138. The minimum atomic E-state index is -4.61. The molecule has 144 valence electrons. The van der Waals surface area contributed by atoms with Crippen molar-refractivity contribution in [1.29, 1.82) is 0 Å². The summed E-state index contributed by atoms with van der Waals surface area (Å²) in [5.74, 6) is -0.541. The second-order valence-corrected chi connectivity index (χ2v) is 5.31. The molecule has 0 bridgehead atoms.